The van der Waals surface area contributed by atoms with Crippen molar-refractivity contribution in [2.24, 2.45) is 5.84 Å². The van der Waals surface area contributed by atoms with Crippen LogP contribution in [0.25, 0.3) is 0 Å². The lowest BCUT2D eigenvalue weighted by Crippen LogP contribution is -2.14. The number of aromatic nitrogens is 2. The van der Waals surface area contributed by atoms with E-state index in [0.717, 1.165) is 6.26 Å². The first kappa shape index (κ1) is 10.9. The topological polar surface area (TPSA) is 98.0 Å². The predicted octanol–water partition coefficient (Wildman–Crippen LogP) is -0.458. The van der Waals surface area contributed by atoms with Crippen LogP contribution in [-0.4, -0.2) is 24.6 Å². The molecule has 0 saturated heterocycles. The van der Waals surface area contributed by atoms with Crippen molar-refractivity contribution in [3.63, 3.8) is 0 Å². The van der Waals surface area contributed by atoms with Crippen LogP contribution in [-0.2, 0) is 16.3 Å². The van der Waals surface area contributed by atoms with E-state index in [0.29, 0.717) is 12.0 Å². The molecule has 0 saturated carbocycles. The lowest BCUT2D eigenvalue weighted by atomic mass is 10.2. The number of rotatable bonds is 3. The number of hydrogen-bond acceptors (Lipinski definition) is 6. The molecule has 0 aromatic carbocycles. The number of nitrogens with zero attached hydrogens (tertiary/aromatic N) is 2. The highest BCUT2D eigenvalue weighted by Gasteiger charge is 2.13. The van der Waals surface area contributed by atoms with Gasteiger partial charge in [-0.1, -0.05) is 0 Å². The van der Waals surface area contributed by atoms with E-state index >= 15 is 0 Å². The van der Waals surface area contributed by atoms with E-state index in [-0.39, 0.29) is 11.0 Å². The van der Waals surface area contributed by atoms with Gasteiger partial charge in [0.25, 0.3) is 0 Å². The van der Waals surface area contributed by atoms with Crippen LogP contribution in [0.2, 0.25) is 0 Å². The summed E-state index contributed by atoms with van der Waals surface area (Å²) in [5, 5.41) is -0.248. The summed E-state index contributed by atoms with van der Waals surface area (Å²) >= 11 is 0. The third-order valence-corrected chi connectivity index (χ3v) is 2.44. The summed E-state index contributed by atoms with van der Waals surface area (Å²) in [4.78, 5) is 7.45. The Hall–Kier alpha value is -1.21. The second-order valence-electron chi connectivity index (χ2n) is 2.69. The van der Waals surface area contributed by atoms with Gasteiger partial charge in [-0.2, -0.15) is 4.98 Å². The maximum absolute atomic E-state index is 11.1. The summed E-state index contributed by atoms with van der Waals surface area (Å²) in [6, 6.07) is 0. The number of nitrogens with one attached hydrogen (secondary N) is 1. The average Bonchev–Trinajstić information content (AvgIpc) is 2.15. The minimum Gasteiger partial charge on any atom is -0.308 e. The van der Waals surface area contributed by atoms with E-state index < -0.39 is 9.84 Å². The second-order valence-corrected chi connectivity index (χ2v) is 4.60. The number of nitrogens with two attached hydrogens (primary N) is 1. The summed E-state index contributed by atoms with van der Waals surface area (Å²) in [5.41, 5.74) is 2.97. The van der Waals surface area contributed by atoms with E-state index in [1.165, 1.54) is 6.20 Å². The first-order valence-corrected chi connectivity index (χ1v) is 5.70. The monoisotopic (exact) mass is 215 g/mol. The maximum Gasteiger partial charge on any atom is 0.248 e. The highest BCUT2D eigenvalue weighted by atomic mass is 32.2. The van der Waals surface area contributed by atoms with Gasteiger partial charge in [0.2, 0.25) is 15.0 Å². The van der Waals surface area contributed by atoms with Crippen molar-refractivity contribution < 1.29 is 8.42 Å². The summed E-state index contributed by atoms with van der Waals surface area (Å²) in [6.07, 6.45) is 2.86. The zero-order valence-corrected chi connectivity index (χ0v) is 8.50. The quantitative estimate of drug-likeness (QED) is 0.402. The largest absolute Gasteiger partial charge is 0.308 e. The Kier molecular flexibility index (Phi) is 3.02. The fourth-order valence-corrected chi connectivity index (χ4v) is 1.38. The summed E-state index contributed by atoms with van der Waals surface area (Å²) in [5.74, 6) is 5.46. The van der Waals surface area contributed by atoms with Crippen LogP contribution in [0.1, 0.15) is 5.56 Å². The summed E-state index contributed by atoms with van der Waals surface area (Å²) in [7, 11) is -3.40. The fraction of sp³-hybridized carbons (Fsp3) is 0.286. The molecule has 77 valence electrons. The highest BCUT2D eigenvalue weighted by molar-refractivity contribution is 7.90. The van der Waals surface area contributed by atoms with E-state index in [2.05, 4.69) is 22.3 Å². The first-order chi connectivity index (χ1) is 6.49. The number of anilines is 1. The Labute approximate surface area is 82.5 Å². The van der Waals surface area contributed by atoms with Crippen molar-refractivity contribution in [2.45, 2.75) is 11.6 Å². The van der Waals surface area contributed by atoms with Gasteiger partial charge in [-0.15, -0.1) is 0 Å². The van der Waals surface area contributed by atoms with Crippen molar-refractivity contribution in [1.82, 2.24) is 9.97 Å². The SMILES string of the molecule is [CH2]Cc1cnc(S(C)(=O)=O)nc1NN. The average molecular weight is 215 g/mol. The molecule has 7 heteroatoms. The number of nitrogen functional groups attached to an aromatic ring is 1. The molecule has 0 atom stereocenters. The van der Waals surface area contributed by atoms with Crippen LogP contribution in [0.4, 0.5) is 5.82 Å². The normalized spacial score (nSPS) is 11.4. The highest BCUT2D eigenvalue weighted by Crippen LogP contribution is 2.12. The standard InChI is InChI=1S/C7H11N4O2S/c1-3-5-4-9-7(14(2,12)13)10-6(5)11-8/h4H,1,3,8H2,2H3,(H,9,10,11). The zero-order chi connectivity index (χ0) is 10.8. The minimum atomic E-state index is -3.40. The molecule has 0 aliphatic heterocycles. The Bertz CT molecular complexity index is 429. The predicted molar refractivity (Wildman–Crippen MR) is 52.0 cm³/mol. The molecule has 3 N–H and O–H groups in total. The molecular formula is C7H11N4O2S. The summed E-state index contributed by atoms with van der Waals surface area (Å²) in [6.45, 7) is 3.63. The molecule has 1 rings (SSSR count). The summed E-state index contributed by atoms with van der Waals surface area (Å²) < 4.78 is 22.2. The van der Waals surface area contributed by atoms with E-state index in [9.17, 15) is 8.42 Å². The molecule has 1 aromatic heterocycles. The molecule has 0 bridgehead atoms. The fourth-order valence-electron chi connectivity index (χ4n) is 0.877. The Morgan fingerprint density at radius 1 is 1.64 bits per heavy atom. The van der Waals surface area contributed by atoms with Crippen molar-refractivity contribution in [3.8, 4) is 0 Å². The van der Waals surface area contributed by atoms with Crippen molar-refractivity contribution in [1.29, 1.82) is 0 Å². The Morgan fingerprint density at radius 3 is 2.71 bits per heavy atom. The van der Waals surface area contributed by atoms with Gasteiger partial charge < -0.3 is 5.43 Å². The minimum absolute atomic E-state index is 0.248. The van der Waals surface area contributed by atoms with Gasteiger partial charge in [-0.25, -0.2) is 19.2 Å². The lowest BCUT2D eigenvalue weighted by molar-refractivity contribution is 0.593. The van der Waals surface area contributed by atoms with Crippen molar-refractivity contribution in [3.05, 3.63) is 18.7 Å². The van der Waals surface area contributed by atoms with Crippen LogP contribution in [0, 0.1) is 6.92 Å². The molecule has 0 amide bonds. The van der Waals surface area contributed by atoms with Crippen molar-refractivity contribution >= 4 is 15.7 Å². The lowest BCUT2D eigenvalue weighted by Gasteiger charge is -2.06. The second kappa shape index (κ2) is 3.89. The zero-order valence-electron chi connectivity index (χ0n) is 7.69. The van der Waals surface area contributed by atoms with Crippen LogP contribution in [0.3, 0.4) is 0 Å². The smallest absolute Gasteiger partial charge is 0.248 e. The Balaban J connectivity index is 3.28. The molecule has 1 aromatic rings. The van der Waals surface area contributed by atoms with E-state index in [1.807, 2.05) is 0 Å². The molecular weight excluding hydrogens is 204 g/mol. The third kappa shape index (κ3) is 2.18. The van der Waals surface area contributed by atoms with Crippen LogP contribution >= 0.6 is 0 Å². The molecule has 14 heavy (non-hydrogen) atoms. The van der Waals surface area contributed by atoms with Gasteiger partial charge in [0.05, 0.1) is 0 Å². The molecule has 1 heterocycles. The number of hydrogen-bond donors (Lipinski definition) is 2. The third-order valence-electron chi connectivity index (χ3n) is 1.58. The molecule has 0 aliphatic rings. The van der Waals surface area contributed by atoms with Crippen LogP contribution in [0.15, 0.2) is 11.4 Å². The first-order valence-electron chi connectivity index (χ1n) is 3.81. The van der Waals surface area contributed by atoms with Crippen molar-refractivity contribution in [2.75, 3.05) is 11.7 Å². The van der Waals surface area contributed by atoms with Gasteiger partial charge in [0.15, 0.2) is 0 Å². The maximum atomic E-state index is 11.1. The molecule has 0 spiro atoms. The van der Waals surface area contributed by atoms with Gasteiger partial charge in [0, 0.05) is 18.0 Å². The van der Waals surface area contributed by atoms with Gasteiger partial charge >= 0.3 is 0 Å². The molecule has 0 unspecified atom stereocenters. The van der Waals surface area contributed by atoms with Gasteiger partial charge in [0.1, 0.15) is 5.82 Å². The molecule has 0 fully saturated rings. The molecule has 6 nitrogen and oxygen atoms in total. The Morgan fingerprint density at radius 2 is 2.29 bits per heavy atom. The van der Waals surface area contributed by atoms with Gasteiger partial charge in [-0.05, 0) is 13.3 Å². The van der Waals surface area contributed by atoms with E-state index in [1.54, 1.807) is 0 Å². The van der Waals surface area contributed by atoms with E-state index in [4.69, 9.17) is 5.84 Å². The van der Waals surface area contributed by atoms with Gasteiger partial charge in [-0.3, -0.25) is 0 Å². The number of hydrazine groups is 1. The molecule has 1 radical (unpaired) electrons. The van der Waals surface area contributed by atoms with Crippen LogP contribution in [0.5, 0.6) is 0 Å². The molecule has 0 aliphatic carbocycles. The number of sulfone groups is 1. The van der Waals surface area contributed by atoms with Crippen LogP contribution < -0.4 is 11.3 Å².